The summed E-state index contributed by atoms with van der Waals surface area (Å²) in [4.78, 5) is 10.5. The van der Waals surface area contributed by atoms with Crippen molar-refractivity contribution in [1.29, 1.82) is 0 Å². The molecule has 0 aliphatic heterocycles. The smallest absolute Gasteiger partial charge is 0.126 e. The van der Waals surface area contributed by atoms with Gasteiger partial charge in [-0.3, -0.25) is 0 Å². The number of rotatable bonds is 8. The number of phenolic OH excluding ortho intramolecular Hbond substituents is 1. The van der Waals surface area contributed by atoms with Crippen LogP contribution in [0.25, 0.3) is 0 Å². The minimum Gasteiger partial charge on any atom is -0.507 e. The van der Waals surface area contributed by atoms with Gasteiger partial charge in [-0.15, -0.1) is 0 Å². The predicted octanol–water partition coefficient (Wildman–Crippen LogP) is 3.25. The Bertz CT molecular complexity index is 391. The van der Waals surface area contributed by atoms with E-state index in [2.05, 4.69) is 15.9 Å². The fourth-order valence-corrected chi connectivity index (χ4v) is 2.01. The lowest BCUT2D eigenvalue weighted by Crippen LogP contribution is -2.02. The molecular formula is C14H19BrO3. The predicted molar refractivity (Wildman–Crippen MR) is 75.8 cm³/mol. The topological polar surface area (TPSA) is 46.5 Å². The van der Waals surface area contributed by atoms with Crippen molar-refractivity contribution in [1.82, 2.24) is 0 Å². The molecule has 0 saturated heterocycles. The highest BCUT2D eigenvalue weighted by atomic mass is 79.9. The maximum atomic E-state index is 10.5. The van der Waals surface area contributed by atoms with Gasteiger partial charge in [0.1, 0.15) is 17.8 Å². The molecule has 0 atom stereocenters. The molecule has 4 heteroatoms. The second-order valence-corrected chi connectivity index (χ2v) is 4.85. The molecular weight excluding hydrogens is 296 g/mol. The summed E-state index contributed by atoms with van der Waals surface area (Å²) in [6, 6.07) is 3.60. The summed E-state index contributed by atoms with van der Waals surface area (Å²) in [5.74, 6) is 0.935. The van der Waals surface area contributed by atoms with Crippen LogP contribution in [-0.2, 0) is 17.6 Å². The largest absolute Gasteiger partial charge is 0.507 e. The van der Waals surface area contributed by atoms with Crippen molar-refractivity contribution < 1.29 is 14.6 Å². The van der Waals surface area contributed by atoms with E-state index in [1.807, 2.05) is 13.0 Å². The first-order valence-electron chi connectivity index (χ1n) is 6.20. The number of aromatic hydroxyl groups is 1. The number of alkyl halides is 1. The molecule has 0 heterocycles. The van der Waals surface area contributed by atoms with Crippen molar-refractivity contribution >= 4 is 22.2 Å². The monoisotopic (exact) mass is 314 g/mol. The highest BCUT2D eigenvalue weighted by Gasteiger charge is 2.12. The second kappa shape index (κ2) is 8.14. The molecule has 18 heavy (non-hydrogen) atoms. The summed E-state index contributed by atoms with van der Waals surface area (Å²) in [7, 11) is 0. The molecule has 0 aliphatic rings. The number of carbonyl (C=O) groups excluding carboxylic acids is 1. The van der Waals surface area contributed by atoms with Gasteiger partial charge in [0.2, 0.25) is 0 Å². The average molecular weight is 315 g/mol. The van der Waals surface area contributed by atoms with Gasteiger partial charge in [0.15, 0.2) is 0 Å². The van der Waals surface area contributed by atoms with Gasteiger partial charge in [0, 0.05) is 22.9 Å². The Balaban J connectivity index is 2.94. The van der Waals surface area contributed by atoms with Crippen LogP contribution in [0.4, 0.5) is 0 Å². The second-order valence-electron chi connectivity index (χ2n) is 4.06. The number of benzene rings is 1. The molecule has 0 radical (unpaired) electrons. The van der Waals surface area contributed by atoms with Gasteiger partial charge in [-0.2, -0.15) is 0 Å². The molecule has 0 amide bonds. The lowest BCUT2D eigenvalue weighted by atomic mass is 10.0. The zero-order chi connectivity index (χ0) is 13.4. The number of hydrogen-bond donors (Lipinski definition) is 1. The van der Waals surface area contributed by atoms with Crippen LogP contribution in [0.2, 0.25) is 0 Å². The molecule has 1 rings (SSSR count). The zero-order valence-electron chi connectivity index (χ0n) is 10.6. The third kappa shape index (κ3) is 4.02. The maximum Gasteiger partial charge on any atom is 0.126 e. The fourth-order valence-electron chi connectivity index (χ4n) is 1.78. The van der Waals surface area contributed by atoms with Crippen LogP contribution in [-0.4, -0.2) is 23.3 Å². The Kier molecular flexibility index (Phi) is 6.80. The first kappa shape index (κ1) is 15.0. The van der Waals surface area contributed by atoms with Crippen molar-refractivity contribution in [2.24, 2.45) is 0 Å². The van der Waals surface area contributed by atoms with E-state index in [-0.39, 0.29) is 12.2 Å². The molecule has 100 valence electrons. The average Bonchev–Trinajstić information content (AvgIpc) is 2.37. The quantitative estimate of drug-likeness (QED) is 0.455. The van der Waals surface area contributed by atoms with E-state index in [4.69, 9.17) is 4.74 Å². The third-order valence-electron chi connectivity index (χ3n) is 2.66. The van der Waals surface area contributed by atoms with Crippen LogP contribution in [0.15, 0.2) is 12.1 Å². The van der Waals surface area contributed by atoms with Crippen molar-refractivity contribution in [2.45, 2.75) is 32.6 Å². The molecule has 0 fully saturated rings. The molecule has 0 bridgehead atoms. The number of carbonyl (C=O) groups is 1. The maximum absolute atomic E-state index is 10.5. The van der Waals surface area contributed by atoms with Crippen LogP contribution >= 0.6 is 15.9 Å². The molecule has 0 spiro atoms. The van der Waals surface area contributed by atoms with E-state index in [0.29, 0.717) is 12.2 Å². The number of hydrogen-bond acceptors (Lipinski definition) is 3. The number of ether oxygens (including phenoxy) is 1. The number of halogens is 1. The Morgan fingerprint density at radius 2 is 2.22 bits per heavy atom. The van der Waals surface area contributed by atoms with Crippen LogP contribution in [0.3, 0.4) is 0 Å². The normalized spacial score (nSPS) is 10.3. The molecule has 1 aromatic rings. The van der Waals surface area contributed by atoms with Gasteiger partial charge >= 0.3 is 0 Å². The van der Waals surface area contributed by atoms with Gasteiger partial charge in [0.05, 0.1) is 6.61 Å². The number of phenols is 1. The van der Waals surface area contributed by atoms with Crippen molar-refractivity contribution in [3.05, 3.63) is 23.3 Å². The first-order chi connectivity index (χ1) is 8.74. The van der Waals surface area contributed by atoms with Gasteiger partial charge in [-0.1, -0.05) is 35.3 Å². The van der Waals surface area contributed by atoms with E-state index < -0.39 is 0 Å². The highest BCUT2D eigenvalue weighted by molar-refractivity contribution is 9.09. The molecule has 0 saturated carbocycles. The molecule has 0 unspecified atom stereocenters. The zero-order valence-corrected chi connectivity index (χ0v) is 12.2. The van der Waals surface area contributed by atoms with Gasteiger partial charge in [-0.25, -0.2) is 0 Å². The molecule has 1 aromatic carbocycles. The molecule has 0 aliphatic carbocycles. The molecule has 3 nitrogen and oxygen atoms in total. The van der Waals surface area contributed by atoms with Crippen LogP contribution in [0, 0.1) is 0 Å². The molecule has 1 N–H and O–H groups in total. The van der Waals surface area contributed by atoms with E-state index in [0.717, 1.165) is 42.2 Å². The summed E-state index contributed by atoms with van der Waals surface area (Å²) in [6.07, 6.45) is 3.64. The minimum absolute atomic E-state index is 0.209. The first-order valence-corrected chi connectivity index (χ1v) is 7.32. The van der Waals surface area contributed by atoms with Crippen molar-refractivity contribution in [3.63, 3.8) is 0 Å². The summed E-state index contributed by atoms with van der Waals surface area (Å²) < 4.78 is 5.67. The molecule has 0 aromatic heterocycles. The lowest BCUT2D eigenvalue weighted by molar-refractivity contribution is -0.107. The van der Waals surface area contributed by atoms with Crippen LogP contribution < -0.4 is 4.74 Å². The summed E-state index contributed by atoms with van der Waals surface area (Å²) in [5, 5.41) is 11.0. The van der Waals surface area contributed by atoms with Crippen LogP contribution in [0.5, 0.6) is 11.5 Å². The number of aldehydes is 1. The van der Waals surface area contributed by atoms with E-state index in [9.17, 15) is 9.90 Å². The van der Waals surface area contributed by atoms with Crippen molar-refractivity contribution in [2.75, 3.05) is 11.9 Å². The van der Waals surface area contributed by atoms with Gasteiger partial charge < -0.3 is 14.6 Å². The Labute approximate surface area is 116 Å². The third-order valence-corrected chi connectivity index (χ3v) is 3.22. The van der Waals surface area contributed by atoms with Crippen molar-refractivity contribution in [3.8, 4) is 11.5 Å². The van der Waals surface area contributed by atoms with E-state index >= 15 is 0 Å². The Morgan fingerprint density at radius 1 is 1.44 bits per heavy atom. The van der Waals surface area contributed by atoms with Gasteiger partial charge in [-0.05, 0) is 18.9 Å². The van der Waals surface area contributed by atoms with E-state index in [1.54, 1.807) is 6.07 Å². The Morgan fingerprint density at radius 3 is 2.83 bits per heavy atom. The Hall–Kier alpha value is -1.03. The SMILES string of the molecule is CCCc1c(OCCCBr)ccc(CC=O)c1O. The summed E-state index contributed by atoms with van der Waals surface area (Å²) >= 11 is 3.35. The van der Waals surface area contributed by atoms with Gasteiger partial charge in [0.25, 0.3) is 0 Å². The fraction of sp³-hybridized carbons (Fsp3) is 0.500. The van der Waals surface area contributed by atoms with Crippen LogP contribution in [0.1, 0.15) is 30.9 Å². The summed E-state index contributed by atoms with van der Waals surface area (Å²) in [6.45, 7) is 2.67. The van der Waals surface area contributed by atoms with E-state index in [1.165, 1.54) is 0 Å². The lowest BCUT2D eigenvalue weighted by Gasteiger charge is -2.14. The standard InChI is InChI=1S/C14H19BrO3/c1-2-4-12-13(18-10-3-8-15)6-5-11(7-9-16)14(12)17/h5-6,9,17H,2-4,7-8,10H2,1H3. The highest BCUT2D eigenvalue weighted by Crippen LogP contribution is 2.32. The summed E-state index contributed by atoms with van der Waals surface area (Å²) in [5.41, 5.74) is 1.48. The minimum atomic E-state index is 0.209.